The molecule has 1 aliphatic heterocycles. The van der Waals surface area contributed by atoms with E-state index < -0.39 is 11.8 Å². The minimum Gasteiger partial charge on any atom is -0.503 e. The maximum Gasteiger partial charge on any atom is 0.270 e. The first kappa shape index (κ1) is 19.3. The molecule has 1 saturated heterocycles. The van der Waals surface area contributed by atoms with Gasteiger partial charge in [0.25, 0.3) is 11.8 Å². The van der Waals surface area contributed by atoms with Crippen LogP contribution in [0.2, 0.25) is 5.02 Å². The molecule has 0 saturated carbocycles. The largest absolute Gasteiger partial charge is 0.503 e. The molecule has 2 aromatic carbocycles. The Balaban J connectivity index is 2.06. The van der Waals surface area contributed by atoms with E-state index >= 15 is 0 Å². The summed E-state index contributed by atoms with van der Waals surface area (Å²) in [6, 6.07) is 9.63. The van der Waals surface area contributed by atoms with Crippen LogP contribution in [-0.2, 0) is 9.59 Å². The number of benzene rings is 2. The molecule has 6 nitrogen and oxygen atoms in total. The van der Waals surface area contributed by atoms with E-state index in [9.17, 15) is 14.7 Å². The van der Waals surface area contributed by atoms with Gasteiger partial charge in [-0.2, -0.15) is 0 Å². The highest BCUT2D eigenvalue weighted by molar-refractivity contribution is 9.10. The van der Waals surface area contributed by atoms with Gasteiger partial charge in [0.1, 0.15) is 5.57 Å². The lowest BCUT2D eigenvalue weighted by Gasteiger charge is -2.29. The second-order valence-electron chi connectivity index (χ2n) is 5.49. The minimum absolute atomic E-state index is 0.0334. The minimum atomic E-state index is -0.619. The maximum absolute atomic E-state index is 12.9. The number of nitrogens with one attached hydrogen (secondary N) is 1. The number of hydrogen-bond acceptors (Lipinski definition) is 5. The van der Waals surface area contributed by atoms with E-state index in [2.05, 4.69) is 21.2 Å². The van der Waals surface area contributed by atoms with Crippen LogP contribution in [0.25, 0.3) is 6.08 Å². The van der Waals surface area contributed by atoms with Crippen molar-refractivity contribution in [1.29, 1.82) is 0 Å². The number of anilines is 1. The van der Waals surface area contributed by atoms with Crippen LogP contribution in [0.5, 0.6) is 11.5 Å². The van der Waals surface area contributed by atoms with Gasteiger partial charge in [0.2, 0.25) is 0 Å². The van der Waals surface area contributed by atoms with Gasteiger partial charge in [-0.15, -0.1) is 0 Å². The van der Waals surface area contributed by atoms with Crippen LogP contribution in [0.4, 0.5) is 5.69 Å². The molecule has 0 aromatic heterocycles. The molecule has 2 aromatic rings. The van der Waals surface area contributed by atoms with Crippen molar-refractivity contribution in [2.75, 3.05) is 12.0 Å². The number of phenols is 1. The van der Waals surface area contributed by atoms with E-state index in [1.807, 2.05) is 0 Å². The lowest BCUT2D eigenvalue weighted by Crippen LogP contribution is -2.54. The normalized spacial score (nSPS) is 15.9. The number of hydrogen-bond donors (Lipinski definition) is 2. The van der Waals surface area contributed by atoms with Crippen molar-refractivity contribution in [3.8, 4) is 11.5 Å². The smallest absolute Gasteiger partial charge is 0.270 e. The molecule has 3 rings (SSSR count). The lowest BCUT2D eigenvalue weighted by atomic mass is 10.1. The van der Waals surface area contributed by atoms with Crippen LogP contribution in [0.15, 0.2) is 46.4 Å². The predicted octanol–water partition coefficient (Wildman–Crippen LogP) is 3.65. The summed E-state index contributed by atoms with van der Waals surface area (Å²) in [4.78, 5) is 26.5. The van der Waals surface area contributed by atoms with E-state index in [1.165, 1.54) is 24.2 Å². The Morgan fingerprint density at radius 1 is 1.30 bits per heavy atom. The highest BCUT2D eigenvalue weighted by Crippen LogP contribution is 2.36. The molecule has 2 amide bonds. The molecule has 0 spiro atoms. The average Bonchev–Trinajstić information content (AvgIpc) is 2.61. The maximum atomic E-state index is 12.9. The lowest BCUT2D eigenvalue weighted by molar-refractivity contribution is -0.122. The summed E-state index contributed by atoms with van der Waals surface area (Å²) in [6.45, 7) is 0. The van der Waals surface area contributed by atoms with Gasteiger partial charge in [-0.25, -0.2) is 0 Å². The second kappa shape index (κ2) is 7.67. The van der Waals surface area contributed by atoms with E-state index in [0.29, 0.717) is 20.7 Å². The highest BCUT2D eigenvalue weighted by Gasteiger charge is 2.34. The summed E-state index contributed by atoms with van der Waals surface area (Å²) < 4.78 is 5.45. The Bertz CT molecular complexity index is 1010. The molecule has 1 fully saturated rings. The summed E-state index contributed by atoms with van der Waals surface area (Å²) in [5, 5.41) is 12.8. The van der Waals surface area contributed by atoms with Gasteiger partial charge in [-0.05, 0) is 70.1 Å². The number of amides is 2. The number of halogens is 2. The van der Waals surface area contributed by atoms with Crippen LogP contribution < -0.4 is 15.0 Å². The van der Waals surface area contributed by atoms with Gasteiger partial charge in [0, 0.05) is 5.02 Å². The number of thiocarbonyl (C=S) groups is 1. The molecule has 0 bridgehead atoms. The number of phenolic OH excluding ortho intramolecular Hbond substituents is 1. The molecule has 0 radical (unpaired) electrons. The molecule has 1 aliphatic rings. The second-order valence-corrected chi connectivity index (χ2v) is 7.17. The van der Waals surface area contributed by atoms with E-state index in [0.717, 1.165) is 0 Å². The van der Waals surface area contributed by atoms with Crippen LogP contribution in [0.3, 0.4) is 0 Å². The fourth-order valence-corrected chi connectivity index (χ4v) is 3.43. The molecule has 0 aliphatic carbocycles. The van der Waals surface area contributed by atoms with Crippen LogP contribution in [-0.4, -0.2) is 29.1 Å². The standard InChI is InChI=1S/C18H12BrClN2O4S/c1-26-14-7-9(6-13(19)15(14)23)5-12-16(24)21-18(27)22(17(12)25)11-4-2-3-10(20)8-11/h2-8,23H,1H3,(H,21,24,27)/b12-5+. The molecule has 1 heterocycles. The Morgan fingerprint density at radius 3 is 2.70 bits per heavy atom. The predicted molar refractivity (Wildman–Crippen MR) is 110 cm³/mol. The molecular weight excluding hydrogens is 456 g/mol. The van der Waals surface area contributed by atoms with Crippen molar-refractivity contribution in [2.45, 2.75) is 0 Å². The van der Waals surface area contributed by atoms with Crippen molar-refractivity contribution < 1.29 is 19.4 Å². The van der Waals surface area contributed by atoms with Crippen molar-refractivity contribution >= 4 is 68.4 Å². The number of rotatable bonds is 3. The van der Waals surface area contributed by atoms with Crippen LogP contribution >= 0.6 is 39.7 Å². The van der Waals surface area contributed by atoms with Gasteiger partial charge < -0.3 is 9.84 Å². The van der Waals surface area contributed by atoms with E-state index in [-0.39, 0.29) is 22.2 Å². The fraction of sp³-hybridized carbons (Fsp3) is 0.0556. The molecular formula is C18H12BrClN2O4S. The average molecular weight is 468 g/mol. The van der Waals surface area contributed by atoms with Crippen molar-refractivity contribution in [3.05, 3.63) is 57.0 Å². The first-order valence-corrected chi connectivity index (χ1v) is 9.13. The quantitative estimate of drug-likeness (QED) is 0.409. The molecule has 2 N–H and O–H groups in total. The molecule has 0 unspecified atom stereocenters. The Morgan fingerprint density at radius 2 is 2.04 bits per heavy atom. The number of ether oxygens (including phenoxy) is 1. The summed E-state index contributed by atoms with van der Waals surface area (Å²) >= 11 is 14.3. The van der Waals surface area contributed by atoms with Gasteiger partial charge >= 0.3 is 0 Å². The summed E-state index contributed by atoms with van der Waals surface area (Å²) in [5.74, 6) is -1.09. The third-order valence-corrected chi connectivity index (χ3v) is 4.87. The Kier molecular flexibility index (Phi) is 5.50. The SMILES string of the molecule is COc1cc(/C=C2\C(=O)NC(=S)N(c3cccc(Cl)c3)C2=O)cc(Br)c1O. The zero-order valence-corrected chi connectivity index (χ0v) is 17.0. The van der Waals surface area contributed by atoms with E-state index in [4.69, 9.17) is 28.6 Å². The topological polar surface area (TPSA) is 78.9 Å². The third-order valence-electron chi connectivity index (χ3n) is 3.75. The number of aromatic hydroxyl groups is 1. The van der Waals surface area contributed by atoms with Crippen LogP contribution in [0, 0.1) is 0 Å². The van der Waals surface area contributed by atoms with Crippen molar-refractivity contribution in [1.82, 2.24) is 5.32 Å². The number of carbonyl (C=O) groups is 2. The third kappa shape index (κ3) is 3.83. The van der Waals surface area contributed by atoms with Gasteiger partial charge in [0.15, 0.2) is 16.6 Å². The monoisotopic (exact) mass is 466 g/mol. The van der Waals surface area contributed by atoms with Crippen molar-refractivity contribution in [3.63, 3.8) is 0 Å². The molecule has 138 valence electrons. The van der Waals surface area contributed by atoms with Gasteiger partial charge in [-0.1, -0.05) is 17.7 Å². The number of carbonyl (C=O) groups excluding carboxylic acids is 2. The fourth-order valence-electron chi connectivity index (χ4n) is 2.51. The van der Waals surface area contributed by atoms with Gasteiger partial charge in [-0.3, -0.25) is 19.8 Å². The number of nitrogens with zero attached hydrogens (tertiary/aromatic N) is 1. The summed E-state index contributed by atoms with van der Waals surface area (Å²) in [6.07, 6.45) is 1.39. The Hall–Kier alpha value is -2.42. The first-order valence-electron chi connectivity index (χ1n) is 7.55. The van der Waals surface area contributed by atoms with Crippen molar-refractivity contribution in [2.24, 2.45) is 0 Å². The number of methoxy groups -OCH3 is 1. The zero-order chi connectivity index (χ0) is 19.7. The van der Waals surface area contributed by atoms with Gasteiger partial charge in [0.05, 0.1) is 17.3 Å². The summed E-state index contributed by atoms with van der Waals surface area (Å²) in [5.41, 5.74) is 0.796. The van der Waals surface area contributed by atoms with E-state index in [1.54, 1.807) is 30.3 Å². The summed E-state index contributed by atoms with van der Waals surface area (Å²) in [7, 11) is 1.40. The highest BCUT2D eigenvalue weighted by atomic mass is 79.9. The molecule has 9 heteroatoms. The Labute approximate surface area is 173 Å². The first-order chi connectivity index (χ1) is 12.8. The zero-order valence-electron chi connectivity index (χ0n) is 13.8. The molecule has 27 heavy (non-hydrogen) atoms. The molecule has 0 atom stereocenters. The van der Waals surface area contributed by atoms with Crippen LogP contribution in [0.1, 0.15) is 5.56 Å².